The van der Waals surface area contributed by atoms with Crippen LogP contribution in [0.2, 0.25) is 0 Å². The first-order valence-electron chi connectivity index (χ1n) is 6.25. The first-order chi connectivity index (χ1) is 9.76. The average molecular weight is 275 g/mol. The second-order valence-electron chi connectivity index (χ2n) is 4.33. The molecule has 0 aliphatic carbocycles. The zero-order valence-corrected chi connectivity index (χ0v) is 11.2. The lowest BCUT2D eigenvalue weighted by atomic mass is 10.1. The number of ether oxygens (including phenoxy) is 1. The Morgan fingerprint density at radius 1 is 1.45 bits per heavy atom. The number of amides is 1. The van der Waals surface area contributed by atoms with Crippen molar-refractivity contribution in [3.05, 3.63) is 42.1 Å². The van der Waals surface area contributed by atoms with Crippen LogP contribution in [0.1, 0.15) is 10.4 Å². The molecule has 1 aromatic heterocycles. The first kappa shape index (κ1) is 14.2. The normalized spacial score (nSPS) is 12.1. The molecule has 106 valence electrons. The van der Waals surface area contributed by atoms with Crippen molar-refractivity contribution in [2.24, 2.45) is 0 Å². The van der Waals surface area contributed by atoms with E-state index in [0.29, 0.717) is 11.3 Å². The summed E-state index contributed by atoms with van der Waals surface area (Å²) in [6.45, 7) is 0.0683. The fourth-order valence-corrected chi connectivity index (χ4v) is 1.89. The number of carbonyl (C=O) groups is 1. The SMILES string of the molecule is COCC(CO)NC(=O)c1cn[nH]c1-c1ccccc1. The average Bonchev–Trinajstić information content (AvgIpc) is 2.97. The molecule has 0 radical (unpaired) electrons. The molecular weight excluding hydrogens is 258 g/mol. The van der Waals surface area contributed by atoms with Crippen molar-refractivity contribution in [3.8, 4) is 11.3 Å². The van der Waals surface area contributed by atoms with Crippen LogP contribution in [0.25, 0.3) is 11.3 Å². The van der Waals surface area contributed by atoms with Gasteiger partial charge in [-0.05, 0) is 0 Å². The smallest absolute Gasteiger partial charge is 0.255 e. The van der Waals surface area contributed by atoms with E-state index >= 15 is 0 Å². The van der Waals surface area contributed by atoms with Gasteiger partial charge in [-0.25, -0.2) is 0 Å². The number of nitrogens with one attached hydrogen (secondary N) is 2. The predicted molar refractivity (Wildman–Crippen MR) is 74.2 cm³/mol. The van der Waals surface area contributed by atoms with Crippen LogP contribution in [0.5, 0.6) is 0 Å². The van der Waals surface area contributed by atoms with Crippen LogP contribution in [-0.2, 0) is 4.74 Å². The highest BCUT2D eigenvalue weighted by molar-refractivity contribution is 5.99. The molecule has 0 bridgehead atoms. The van der Waals surface area contributed by atoms with Crippen LogP contribution in [0.15, 0.2) is 36.5 Å². The van der Waals surface area contributed by atoms with E-state index in [-0.39, 0.29) is 19.1 Å². The Balaban J connectivity index is 2.18. The number of hydrogen-bond donors (Lipinski definition) is 3. The molecule has 1 atom stereocenters. The second kappa shape index (κ2) is 6.83. The number of carbonyl (C=O) groups excluding carboxylic acids is 1. The fraction of sp³-hybridized carbons (Fsp3) is 0.286. The van der Waals surface area contributed by atoms with Gasteiger partial charge in [0.05, 0.1) is 36.7 Å². The third-order valence-corrected chi connectivity index (χ3v) is 2.87. The number of benzene rings is 1. The minimum atomic E-state index is -0.439. The molecule has 2 aromatic rings. The van der Waals surface area contributed by atoms with E-state index in [4.69, 9.17) is 4.74 Å². The number of nitrogens with zero attached hydrogens (tertiary/aromatic N) is 1. The van der Waals surface area contributed by atoms with Gasteiger partial charge in [-0.2, -0.15) is 5.10 Å². The van der Waals surface area contributed by atoms with Gasteiger partial charge in [0.1, 0.15) is 0 Å². The fourth-order valence-electron chi connectivity index (χ4n) is 1.89. The van der Waals surface area contributed by atoms with Crippen LogP contribution >= 0.6 is 0 Å². The Morgan fingerprint density at radius 3 is 2.85 bits per heavy atom. The number of H-pyrrole nitrogens is 1. The zero-order chi connectivity index (χ0) is 14.4. The molecule has 0 saturated heterocycles. The number of hydrogen-bond acceptors (Lipinski definition) is 4. The second-order valence-corrected chi connectivity index (χ2v) is 4.33. The maximum absolute atomic E-state index is 12.2. The van der Waals surface area contributed by atoms with Gasteiger partial charge in [0.15, 0.2) is 0 Å². The van der Waals surface area contributed by atoms with Crippen LogP contribution in [0, 0.1) is 0 Å². The third kappa shape index (κ3) is 3.23. The van der Waals surface area contributed by atoms with E-state index in [1.165, 1.54) is 13.3 Å². The quantitative estimate of drug-likeness (QED) is 0.728. The first-order valence-corrected chi connectivity index (χ1v) is 6.25. The van der Waals surface area contributed by atoms with Gasteiger partial charge in [-0.3, -0.25) is 9.89 Å². The summed E-state index contributed by atoms with van der Waals surface area (Å²) in [5.41, 5.74) is 1.96. The summed E-state index contributed by atoms with van der Waals surface area (Å²) in [7, 11) is 1.52. The lowest BCUT2D eigenvalue weighted by Crippen LogP contribution is -2.40. The van der Waals surface area contributed by atoms with E-state index in [1.807, 2.05) is 30.3 Å². The maximum Gasteiger partial charge on any atom is 0.255 e. The van der Waals surface area contributed by atoms with Gasteiger partial charge in [-0.15, -0.1) is 0 Å². The lowest BCUT2D eigenvalue weighted by Gasteiger charge is -2.15. The minimum absolute atomic E-state index is 0.182. The molecule has 6 heteroatoms. The summed E-state index contributed by atoms with van der Waals surface area (Å²) in [4.78, 5) is 12.2. The summed E-state index contributed by atoms with van der Waals surface area (Å²) in [6.07, 6.45) is 1.47. The van der Waals surface area contributed by atoms with E-state index in [9.17, 15) is 9.90 Å². The summed E-state index contributed by atoms with van der Waals surface area (Å²) in [5, 5.41) is 18.6. The molecule has 3 N–H and O–H groups in total. The van der Waals surface area contributed by atoms with Gasteiger partial charge >= 0.3 is 0 Å². The molecule has 20 heavy (non-hydrogen) atoms. The van der Waals surface area contributed by atoms with Crippen LogP contribution in [-0.4, -0.2) is 47.6 Å². The van der Waals surface area contributed by atoms with Crippen molar-refractivity contribution < 1.29 is 14.6 Å². The molecule has 0 aliphatic rings. The molecule has 2 rings (SSSR count). The topological polar surface area (TPSA) is 87.2 Å². The Hall–Kier alpha value is -2.18. The number of aromatic nitrogens is 2. The number of aliphatic hydroxyl groups excluding tert-OH is 1. The van der Waals surface area contributed by atoms with E-state index in [0.717, 1.165) is 5.56 Å². The molecule has 1 aromatic carbocycles. The van der Waals surface area contributed by atoms with Gasteiger partial charge in [0.25, 0.3) is 5.91 Å². The van der Waals surface area contributed by atoms with Crippen molar-refractivity contribution >= 4 is 5.91 Å². The predicted octanol–water partition coefficient (Wildman–Crippen LogP) is 0.814. The molecule has 1 unspecified atom stereocenters. The summed E-state index contributed by atoms with van der Waals surface area (Å²) < 4.78 is 4.93. The maximum atomic E-state index is 12.2. The van der Waals surface area contributed by atoms with Crippen molar-refractivity contribution in [2.45, 2.75) is 6.04 Å². The van der Waals surface area contributed by atoms with E-state index in [2.05, 4.69) is 15.5 Å². The van der Waals surface area contributed by atoms with Crippen LogP contribution in [0.3, 0.4) is 0 Å². The summed E-state index contributed by atoms with van der Waals surface area (Å²) >= 11 is 0. The standard InChI is InChI=1S/C14H17N3O3/c1-20-9-11(8-18)16-14(19)12-7-15-17-13(12)10-5-3-2-4-6-10/h2-7,11,18H,8-9H2,1H3,(H,15,17)(H,16,19). The Labute approximate surface area is 116 Å². The third-order valence-electron chi connectivity index (χ3n) is 2.87. The largest absolute Gasteiger partial charge is 0.394 e. The minimum Gasteiger partial charge on any atom is -0.394 e. The lowest BCUT2D eigenvalue weighted by molar-refractivity contribution is 0.0840. The Kier molecular flexibility index (Phi) is 4.86. The van der Waals surface area contributed by atoms with E-state index < -0.39 is 6.04 Å². The molecule has 0 spiro atoms. The monoisotopic (exact) mass is 275 g/mol. The molecule has 0 fully saturated rings. The number of aromatic amines is 1. The number of rotatable bonds is 6. The molecule has 0 saturated carbocycles. The Morgan fingerprint density at radius 2 is 2.20 bits per heavy atom. The van der Waals surface area contributed by atoms with Crippen molar-refractivity contribution in [1.29, 1.82) is 0 Å². The molecule has 1 amide bonds. The molecular formula is C14H17N3O3. The van der Waals surface area contributed by atoms with E-state index in [1.54, 1.807) is 0 Å². The molecule has 1 heterocycles. The number of methoxy groups -OCH3 is 1. The van der Waals surface area contributed by atoms with Crippen LogP contribution < -0.4 is 5.32 Å². The van der Waals surface area contributed by atoms with Crippen molar-refractivity contribution in [1.82, 2.24) is 15.5 Å². The summed E-state index contributed by atoms with van der Waals surface area (Å²) in [5.74, 6) is -0.297. The van der Waals surface area contributed by atoms with Gasteiger partial charge < -0.3 is 15.2 Å². The molecule has 0 aliphatic heterocycles. The number of aliphatic hydroxyl groups is 1. The molecule has 6 nitrogen and oxygen atoms in total. The van der Waals surface area contributed by atoms with Crippen molar-refractivity contribution in [2.75, 3.05) is 20.3 Å². The zero-order valence-electron chi connectivity index (χ0n) is 11.2. The van der Waals surface area contributed by atoms with Crippen molar-refractivity contribution in [3.63, 3.8) is 0 Å². The highest BCUT2D eigenvalue weighted by Crippen LogP contribution is 2.20. The highest BCUT2D eigenvalue weighted by Gasteiger charge is 2.18. The Bertz CT molecular complexity index is 554. The van der Waals surface area contributed by atoms with Crippen LogP contribution in [0.4, 0.5) is 0 Å². The van der Waals surface area contributed by atoms with Gasteiger partial charge in [0.2, 0.25) is 0 Å². The van der Waals surface area contributed by atoms with Gasteiger partial charge in [0, 0.05) is 12.7 Å². The van der Waals surface area contributed by atoms with Gasteiger partial charge in [-0.1, -0.05) is 30.3 Å². The highest BCUT2D eigenvalue weighted by atomic mass is 16.5. The summed E-state index contributed by atoms with van der Waals surface area (Å²) in [6, 6.07) is 9.02.